The Hall–Kier alpha value is -1.40. The molecule has 0 radical (unpaired) electrons. The summed E-state index contributed by atoms with van der Waals surface area (Å²) in [5.74, 6) is -1.52. The predicted octanol–water partition coefficient (Wildman–Crippen LogP) is 2.62. The maximum Gasteiger partial charge on any atom is 0.326 e. The van der Waals surface area contributed by atoms with E-state index in [2.05, 4.69) is 21.2 Å². The highest BCUT2D eigenvalue weighted by molar-refractivity contribution is 9.10. The third kappa shape index (κ3) is 6.15. The van der Waals surface area contributed by atoms with E-state index in [1.165, 1.54) is 7.11 Å². The van der Waals surface area contributed by atoms with E-state index in [0.717, 1.165) is 10.0 Å². The first-order chi connectivity index (χ1) is 10.5. The summed E-state index contributed by atoms with van der Waals surface area (Å²) in [6.07, 6.45) is 1.48. The van der Waals surface area contributed by atoms with E-state index in [9.17, 15) is 9.59 Å². The first-order valence-electron chi connectivity index (χ1n) is 7.24. The summed E-state index contributed by atoms with van der Waals surface area (Å²) >= 11 is 3.41. The molecule has 0 heterocycles. The maximum atomic E-state index is 12.3. The average molecular weight is 372 g/mol. The molecule has 122 valence electrons. The molecule has 0 saturated carbocycles. The smallest absolute Gasteiger partial charge is 0.326 e. The van der Waals surface area contributed by atoms with Crippen LogP contribution in [0.4, 0.5) is 0 Å². The van der Waals surface area contributed by atoms with Gasteiger partial charge in [-0.1, -0.05) is 35.0 Å². The van der Waals surface area contributed by atoms with Crippen molar-refractivity contribution in [2.45, 2.75) is 32.2 Å². The van der Waals surface area contributed by atoms with E-state index in [0.29, 0.717) is 19.4 Å². The third-order valence-corrected chi connectivity index (χ3v) is 3.95. The molecule has 5 nitrogen and oxygen atoms in total. The Morgan fingerprint density at radius 3 is 2.68 bits per heavy atom. The minimum absolute atomic E-state index is 0.231. The number of carbonyl (C=O) groups is 2. The van der Waals surface area contributed by atoms with Gasteiger partial charge in [0.25, 0.3) is 0 Å². The zero-order valence-corrected chi connectivity index (χ0v) is 14.4. The zero-order valence-electron chi connectivity index (χ0n) is 12.8. The van der Waals surface area contributed by atoms with Gasteiger partial charge in [-0.25, -0.2) is 4.79 Å². The van der Waals surface area contributed by atoms with Crippen LogP contribution in [0, 0.1) is 5.92 Å². The van der Waals surface area contributed by atoms with Crippen LogP contribution in [0.15, 0.2) is 28.7 Å². The van der Waals surface area contributed by atoms with Gasteiger partial charge in [0.2, 0.25) is 5.91 Å². The Labute approximate surface area is 139 Å². The number of aliphatic carboxylic acids is 1. The van der Waals surface area contributed by atoms with Gasteiger partial charge >= 0.3 is 5.97 Å². The Morgan fingerprint density at radius 2 is 2.14 bits per heavy atom. The fourth-order valence-corrected chi connectivity index (χ4v) is 2.60. The van der Waals surface area contributed by atoms with Crippen LogP contribution in [0.2, 0.25) is 0 Å². The summed E-state index contributed by atoms with van der Waals surface area (Å²) < 4.78 is 5.84. The van der Waals surface area contributed by atoms with Gasteiger partial charge in [-0.2, -0.15) is 0 Å². The summed E-state index contributed by atoms with van der Waals surface area (Å²) in [6.45, 7) is 2.22. The van der Waals surface area contributed by atoms with Crippen molar-refractivity contribution in [1.29, 1.82) is 0 Å². The van der Waals surface area contributed by atoms with Crippen molar-refractivity contribution in [3.05, 3.63) is 34.3 Å². The highest BCUT2D eigenvalue weighted by Gasteiger charge is 2.24. The van der Waals surface area contributed by atoms with Crippen molar-refractivity contribution < 1.29 is 19.4 Å². The number of carboxylic acids is 1. The summed E-state index contributed by atoms with van der Waals surface area (Å²) in [5, 5.41) is 11.8. The molecule has 2 unspecified atom stereocenters. The monoisotopic (exact) mass is 371 g/mol. The van der Waals surface area contributed by atoms with Gasteiger partial charge in [-0.3, -0.25) is 4.79 Å². The molecule has 0 spiro atoms. The van der Waals surface area contributed by atoms with E-state index < -0.39 is 12.0 Å². The van der Waals surface area contributed by atoms with Crippen LogP contribution in [0.25, 0.3) is 0 Å². The minimum atomic E-state index is -1.04. The molecular formula is C16H22BrNO4. The van der Waals surface area contributed by atoms with Gasteiger partial charge in [0, 0.05) is 30.5 Å². The molecule has 1 aromatic carbocycles. The van der Waals surface area contributed by atoms with Crippen molar-refractivity contribution >= 4 is 27.8 Å². The Balaban J connectivity index is 2.68. The molecular weight excluding hydrogens is 350 g/mol. The summed E-state index contributed by atoms with van der Waals surface area (Å²) in [5.41, 5.74) is 1.04. The quantitative estimate of drug-likeness (QED) is 0.699. The van der Waals surface area contributed by atoms with E-state index in [1.807, 2.05) is 31.2 Å². The molecule has 0 aromatic heterocycles. The molecule has 1 amide bonds. The number of carbonyl (C=O) groups excluding carboxylic acids is 1. The maximum absolute atomic E-state index is 12.3. The Morgan fingerprint density at radius 1 is 1.41 bits per heavy atom. The van der Waals surface area contributed by atoms with Crippen LogP contribution in [0.3, 0.4) is 0 Å². The molecule has 0 aliphatic carbocycles. The Bertz CT molecular complexity index is 507. The number of benzene rings is 1. The van der Waals surface area contributed by atoms with E-state index in [4.69, 9.17) is 9.84 Å². The molecule has 2 N–H and O–H groups in total. The van der Waals surface area contributed by atoms with Gasteiger partial charge in [0.05, 0.1) is 0 Å². The van der Waals surface area contributed by atoms with E-state index in [-0.39, 0.29) is 18.2 Å². The van der Waals surface area contributed by atoms with Gasteiger partial charge in [0.1, 0.15) is 6.04 Å². The molecule has 0 fully saturated rings. The molecule has 0 aliphatic heterocycles. The fourth-order valence-electron chi connectivity index (χ4n) is 2.15. The normalized spacial score (nSPS) is 13.4. The lowest BCUT2D eigenvalue weighted by molar-refractivity contribution is -0.143. The van der Waals surface area contributed by atoms with Crippen LogP contribution >= 0.6 is 15.9 Å². The largest absolute Gasteiger partial charge is 0.480 e. The second kappa shape index (κ2) is 9.58. The number of halogens is 1. The van der Waals surface area contributed by atoms with Crippen molar-refractivity contribution in [3.8, 4) is 0 Å². The van der Waals surface area contributed by atoms with Crippen molar-refractivity contribution in [1.82, 2.24) is 5.32 Å². The van der Waals surface area contributed by atoms with E-state index in [1.54, 1.807) is 0 Å². The van der Waals surface area contributed by atoms with Crippen LogP contribution < -0.4 is 5.32 Å². The van der Waals surface area contributed by atoms with Gasteiger partial charge in [-0.15, -0.1) is 0 Å². The highest BCUT2D eigenvalue weighted by Crippen LogP contribution is 2.17. The number of nitrogens with one attached hydrogen (secondary N) is 1. The van der Waals surface area contributed by atoms with Gasteiger partial charge in [0.15, 0.2) is 0 Å². The average Bonchev–Trinajstić information content (AvgIpc) is 2.48. The van der Waals surface area contributed by atoms with Crippen molar-refractivity contribution in [2.75, 3.05) is 13.7 Å². The molecule has 2 atom stereocenters. The number of methoxy groups -OCH3 is 1. The first-order valence-corrected chi connectivity index (χ1v) is 8.03. The number of carboxylic acid groups (broad SMARTS) is 1. The number of hydrogen-bond acceptors (Lipinski definition) is 3. The van der Waals surface area contributed by atoms with Crippen molar-refractivity contribution in [3.63, 3.8) is 0 Å². The Kier molecular flexibility index (Phi) is 8.12. The number of rotatable bonds is 9. The topological polar surface area (TPSA) is 75.6 Å². The minimum Gasteiger partial charge on any atom is -0.480 e. The number of amides is 1. The lowest BCUT2D eigenvalue weighted by Gasteiger charge is -2.19. The van der Waals surface area contributed by atoms with E-state index >= 15 is 0 Å². The highest BCUT2D eigenvalue weighted by atomic mass is 79.9. The zero-order chi connectivity index (χ0) is 16.5. The summed E-state index contributed by atoms with van der Waals surface area (Å²) in [7, 11) is 1.50. The second-order valence-corrected chi connectivity index (χ2v) is 6.04. The molecule has 1 rings (SSSR count). The van der Waals surface area contributed by atoms with Crippen LogP contribution in [-0.2, 0) is 20.7 Å². The molecule has 0 bridgehead atoms. The molecule has 0 aliphatic rings. The third-order valence-electron chi connectivity index (χ3n) is 3.46. The molecule has 22 heavy (non-hydrogen) atoms. The van der Waals surface area contributed by atoms with Crippen LogP contribution in [0.5, 0.6) is 0 Å². The van der Waals surface area contributed by atoms with Crippen LogP contribution in [-0.4, -0.2) is 36.7 Å². The first kappa shape index (κ1) is 18.6. The number of hydrogen-bond donors (Lipinski definition) is 2. The lowest BCUT2D eigenvalue weighted by Crippen LogP contribution is -2.44. The fraction of sp³-hybridized carbons (Fsp3) is 0.500. The predicted molar refractivity (Wildman–Crippen MR) is 87.7 cm³/mol. The number of ether oxygens (including phenoxy) is 1. The SMILES string of the molecule is CCC(Cc1cccc(Br)c1)C(=O)NC(CCOC)C(=O)O. The van der Waals surface area contributed by atoms with Crippen molar-refractivity contribution in [2.24, 2.45) is 5.92 Å². The van der Waals surface area contributed by atoms with Gasteiger partial charge < -0.3 is 15.2 Å². The lowest BCUT2D eigenvalue weighted by atomic mass is 9.95. The molecule has 0 saturated heterocycles. The summed E-state index contributed by atoms with van der Waals surface area (Å²) in [4.78, 5) is 23.5. The van der Waals surface area contributed by atoms with Crippen LogP contribution in [0.1, 0.15) is 25.3 Å². The molecule has 1 aromatic rings. The molecule has 6 heteroatoms. The second-order valence-electron chi connectivity index (χ2n) is 5.12. The van der Waals surface area contributed by atoms with Gasteiger partial charge in [-0.05, 0) is 30.5 Å². The standard InChI is InChI=1S/C16H22BrNO4/c1-3-12(9-11-5-4-6-13(17)10-11)15(19)18-14(16(20)21)7-8-22-2/h4-6,10,12,14H,3,7-9H2,1-2H3,(H,18,19)(H,20,21). The summed E-state index contributed by atoms with van der Waals surface area (Å²) in [6, 6.07) is 6.86.